The number of fused-ring (bicyclic) bond motifs is 1. The van der Waals surface area contributed by atoms with Gasteiger partial charge in [0.25, 0.3) is 0 Å². The Morgan fingerprint density at radius 2 is 1.93 bits per heavy atom. The number of hydrogen-bond donors (Lipinski definition) is 1. The number of thioether (sulfide) groups is 1. The number of amides is 1. The van der Waals surface area contributed by atoms with Crippen LogP contribution < -0.4 is 10.2 Å². The van der Waals surface area contributed by atoms with Crippen molar-refractivity contribution in [2.75, 3.05) is 24.2 Å². The Balaban J connectivity index is 1.36. The lowest BCUT2D eigenvalue weighted by Crippen LogP contribution is -2.40. The molecular formula is C22H26N4O2S. The Morgan fingerprint density at radius 1 is 1.21 bits per heavy atom. The SMILES string of the molecule is CSc1ccc(CNC(=O)C2CCN(c3ncnc4oc(C)c(C)c34)CC2)cc1. The van der Waals surface area contributed by atoms with E-state index in [1.54, 1.807) is 18.1 Å². The number of carbonyl (C=O) groups excluding carboxylic acids is 1. The standard InChI is InChI=1S/C22H26N4O2S/c1-14-15(2)28-22-19(14)20(24-13-25-22)26-10-8-17(9-11-26)21(27)23-12-16-4-6-18(29-3)7-5-16/h4-7,13,17H,8-12H2,1-3H3,(H,23,27). The van der Waals surface area contributed by atoms with E-state index in [0.717, 1.165) is 54.0 Å². The monoisotopic (exact) mass is 410 g/mol. The second-order valence-electron chi connectivity index (χ2n) is 7.49. The molecule has 1 amide bonds. The number of hydrogen-bond acceptors (Lipinski definition) is 6. The van der Waals surface area contributed by atoms with Crippen molar-refractivity contribution in [1.29, 1.82) is 0 Å². The van der Waals surface area contributed by atoms with Crippen molar-refractivity contribution in [1.82, 2.24) is 15.3 Å². The number of benzene rings is 1. The molecule has 3 aromatic rings. The number of furan rings is 1. The van der Waals surface area contributed by atoms with Crippen molar-refractivity contribution >= 4 is 34.6 Å². The first-order valence-electron chi connectivity index (χ1n) is 9.93. The van der Waals surface area contributed by atoms with E-state index in [1.807, 2.05) is 13.8 Å². The van der Waals surface area contributed by atoms with Gasteiger partial charge in [0, 0.05) is 36.0 Å². The predicted molar refractivity (Wildman–Crippen MR) is 116 cm³/mol. The second kappa shape index (κ2) is 8.45. The number of aromatic nitrogens is 2. The van der Waals surface area contributed by atoms with E-state index in [1.165, 1.54) is 4.90 Å². The van der Waals surface area contributed by atoms with Gasteiger partial charge in [-0.15, -0.1) is 11.8 Å². The molecule has 0 atom stereocenters. The summed E-state index contributed by atoms with van der Waals surface area (Å²) in [5.74, 6) is 1.97. The van der Waals surface area contributed by atoms with Crippen molar-refractivity contribution in [2.45, 2.75) is 38.1 Å². The van der Waals surface area contributed by atoms with Gasteiger partial charge in [-0.25, -0.2) is 9.97 Å². The summed E-state index contributed by atoms with van der Waals surface area (Å²) in [4.78, 5) is 24.9. The maximum atomic E-state index is 12.6. The molecule has 7 heteroatoms. The van der Waals surface area contributed by atoms with E-state index in [4.69, 9.17) is 4.42 Å². The van der Waals surface area contributed by atoms with Gasteiger partial charge in [-0.1, -0.05) is 12.1 Å². The van der Waals surface area contributed by atoms with Gasteiger partial charge in [0.1, 0.15) is 17.9 Å². The molecule has 29 heavy (non-hydrogen) atoms. The van der Waals surface area contributed by atoms with Crippen LogP contribution >= 0.6 is 11.8 Å². The average Bonchev–Trinajstić information content (AvgIpc) is 3.06. The molecule has 0 spiro atoms. The third kappa shape index (κ3) is 4.10. The third-order valence-electron chi connectivity index (χ3n) is 5.74. The normalized spacial score (nSPS) is 15.1. The van der Waals surface area contributed by atoms with Crippen LogP contribution in [0.2, 0.25) is 0 Å². The number of nitrogens with zero attached hydrogens (tertiary/aromatic N) is 3. The van der Waals surface area contributed by atoms with Gasteiger partial charge >= 0.3 is 0 Å². The van der Waals surface area contributed by atoms with E-state index in [9.17, 15) is 4.79 Å². The van der Waals surface area contributed by atoms with Crippen molar-refractivity contribution in [3.63, 3.8) is 0 Å². The lowest BCUT2D eigenvalue weighted by molar-refractivity contribution is -0.125. The van der Waals surface area contributed by atoms with Crippen LogP contribution in [0.25, 0.3) is 11.1 Å². The summed E-state index contributed by atoms with van der Waals surface area (Å²) >= 11 is 1.72. The van der Waals surface area contributed by atoms with Crippen LogP contribution in [0.5, 0.6) is 0 Å². The maximum absolute atomic E-state index is 12.6. The molecule has 1 saturated heterocycles. The van der Waals surface area contributed by atoms with Crippen molar-refractivity contribution in [2.24, 2.45) is 5.92 Å². The molecule has 1 aliphatic rings. The quantitative estimate of drug-likeness (QED) is 0.639. The first-order valence-corrected chi connectivity index (χ1v) is 11.2. The Morgan fingerprint density at radius 3 is 2.62 bits per heavy atom. The highest BCUT2D eigenvalue weighted by molar-refractivity contribution is 7.98. The summed E-state index contributed by atoms with van der Waals surface area (Å²) in [7, 11) is 0. The molecule has 152 valence electrons. The lowest BCUT2D eigenvalue weighted by atomic mass is 9.95. The third-order valence-corrected chi connectivity index (χ3v) is 6.48. The van der Waals surface area contributed by atoms with E-state index in [-0.39, 0.29) is 11.8 Å². The number of aryl methyl sites for hydroxylation is 2. The van der Waals surface area contributed by atoms with Gasteiger partial charge < -0.3 is 14.6 Å². The smallest absolute Gasteiger partial charge is 0.231 e. The van der Waals surface area contributed by atoms with E-state index in [0.29, 0.717) is 12.3 Å². The van der Waals surface area contributed by atoms with Crippen LogP contribution in [0.15, 0.2) is 39.9 Å². The fraction of sp³-hybridized carbons (Fsp3) is 0.409. The van der Waals surface area contributed by atoms with Crippen LogP contribution in [0.1, 0.15) is 29.7 Å². The zero-order valence-electron chi connectivity index (χ0n) is 17.1. The summed E-state index contributed by atoms with van der Waals surface area (Å²) in [6.45, 7) is 6.17. The highest BCUT2D eigenvalue weighted by atomic mass is 32.2. The Kier molecular flexibility index (Phi) is 5.76. The topological polar surface area (TPSA) is 71.3 Å². The number of nitrogens with one attached hydrogen (secondary N) is 1. The van der Waals surface area contributed by atoms with Gasteiger partial charge in [0.15, 0.2) is 0 Å². The maximum Gasteiger partial charge on any atom is 0.231 e. The minimum atomic E-state index is 0.0428. The fourth-order valence-electron chi connectivity index (χ4n) is 3.83. The summed E-state index contributed by atoms with van der Waals surface area (Å²) in [5.41, 5.74) is 2.85. The summed E-state index contributed by atoms with van der Waals surface area (Å²) in [6.07, 6.45) is 5.25. The van der Waals surface area contributed by atoms with Crippen LogP contribution in [0.4, 0.5) is 5.82 Å². The van der Waals surface area contributed by atoms with Crippen LogP contribution in [0.3, 0.4) is 0 Å². The highest BCUT2D eigenvalue weighted by Crippen LogP contribution is 2.32. The van der Waals surface area contributed by atoms with Crippen LogP contribution in [-0.4, -0.2) is 35.2 Å². The summed E-state index contributed by atoms with van der Waals surface area (Å²) in [6, 6.07) is 8.33. The van der Waals surface area contributed by atoms with E-state index >= 15 is 0 Å². The second-order valence-corrected chi connectivity index (χ2v) is 8.37. The molecule has 0 radical (unpaired) electrons. The van der Waals surface area contributed by atoms with Gasteiger partial charge in [-0.3, -0.25) is 4.79 Å². The number of anilines is 1. The van der Waals surface area contributed by atoms with Gasteiger partial charge in [-0.2, -0.15) is 0 Å². The molecule has 0 aliphatic carbocycles. The van der Waals surface area contributed by atoms with Crippen molar-refractivity contribution in [3.8, 4) is 0 Å². The molecular weight excluding hydrogens is 384 g/mol. The van der Waals surface area contributed by atoms with Crippen molar-refractivity contribution in [3.05, 3.63) is 47.5 Å². The van der Waals surface area contributed by atoms with Gasteiger partial charge in [0.2, 0.25) is 11.6 Å². The Bertz CT molecular complexity index is 1010. The zero-order valence-corrected chi connectivity index (χ0v) is 17.9. The molecule has 0 bridgehead atoms. The molecule has 2 aromatic heterocycles. The fourth-order valence-corrected chi connectivity index (χ4v) is 4.24. The number of carbonyl (C=O) groups is 1. The summed E-state index contributed by atoms with van der Waals surface area (Å²) < 4.78 is 5.73. The first kappa shape index (κ1) is 19.8. The molecule has 1 aromatic carbocycles. The Hall–Kier alpha value is -2.54. The highest BCUT2D eigenvalue weighted by Gasteiger charge is 2.27. The minimum Gasteiger partial charge on any atom is -0.443 e. The molecule has 1 N–H and O–H groups in total. The molecule has 3 heterocycles. The first-order chi connectivity index (χ1) is 14.1. The predicted octanol–water partition coefficient (Wildman–Crippen LogP) is 4.09. The zero-order chi connectivity index (χ0) is 20.4. The van der Waals surface area contributed by atoms with Crippen LogP contribution in [-0.2, 0) is 11.3 Å². The van der Waals surface area contributed by atoms with E-state index in [2.05, 4.69) is 50.7 Å². The molecule has 0 unspecified atom stereocenters. The van der Waals surface area contributed by atoms with Crippen LogP contribution in [0, 0.1) is 19.8 Å². The molecule has 6 nitrogen and oxygen atoms in total. The molecule has 1 fully saturated rings. The summed E-state index contributed by atoms with van der Waals surface area (Å²) in [5, 5.41) is 4.09. The van der Waals surface area contributed by atoms with Crippen molar-refractivity contribution < 1.29 is 9.21 Å². The molecule has 4 rings (SSSR count). The lowest BCUT2D eigenvalue weighted by Gasteiger charge is -2.32. The van der Waals surface area contributed by atoms with E-state index < -0.39 is 0 Å². The van der Waals surface area contributed by atoms with Gasteiger partial charge in [0.05, 0.1) is 5.39 Å². The largest absolute Gasteiger partial charge is 0.443 e. The average molecular weight is 411 g/mol. The number of piperidine rings is 1. The van der Waals surface area contributed by atoms with Gasteiger partial charge in [-0.05, 0) is 50.6 Å². The molecule has 1 aliphatic heterocycles. The number of rotatable bonds is 5. The minimum absolute atomic E-state index is 0.0428. The Labute approximate surface area is 175 Å². The molecule has 0 saturated carbocycles.